The van der Waals surface area contributed by atoms with E-state index in [1.807, 2.05) is 240 Å². The van der Waals surface area contributed by atoms with Crippen molar-refractivity contribution in [1.29, 1.82) is 0 Å². The SMILES string of the molecule is CCc1nc(-c2ccc(CO)cc2)cnc1NC(=O)CCCc1ccccc1.CCc1nc(-c2ccc(CO)cc2)cnc1NC(=O)CCc1ccccc1.CCc1nc(-c2ccc(CO)cc2)cnc1NC(=O)Cc1ccc2ccccc2c1.CCc1nc(-c2ccc(CO)cc2)cnc1NC(=O)Cc1ccccc1. The molecule has 0 fully saturated rings. The predicted molar refractivity (Wildman–Crippen MR) is 438 cm³/mol. The molecule has 4 aromatic heterocycles. The molecule has 0 spiro atoms. The van der Waals surface area contributed by atoms with Gasteiger partial charge in [-0.15, -0.1) is 0 Å². The number of carbonyl (C=O) groups is 4. The molecule has 0 aliphatic carbocycles. The summed E-state index contributed by atoms with van der Waals surface area (Å²) < 4.78 is 0. The van der Waals surface area contributed by atoms with Gasteiger partial charge in [-0.25, -0.2) is 39.9 Å². The summed E-state index contributed by atoms with van der Waals surface area (Å²) in [5, 5.41) is 50.5. The van der Waals surface area contributed by atoms with Gasteiger partial charge in [-0.1, -0.05) is 258 Å². The van der Waals surface area contributed by atoms with Crippen molar-refractivity contribution in [1.82, 2.24) is 39.9 Å². The molecule has 111 heavy (non-hydrogen) atoms. The van der Waals surface area contributed by atoms with Crippen LogP contribution in [0.5, 0.6) is 0 Å². The van der Waals surface area contributed by atoms with Crippen LogP contribution < -0.4 is 21.3 Å². The number of anilines is 4. The van der Waals surface area contributed by atoms with Gasteiger partial charge in [0.1, 0.15) is 0 Å². The van der Waals surface area contributed by atoms with Gasteiger partial charge in [-0.05, 0) is 100 Å². The second-order valence-corrected chi connectivity index (χ2v) is 26.1. The maximum Gasteiger partial charge on any atom is 0.229 e. The van der Waals surface area contributed by atoms with Crippen LogP contribution in [0.3, 0.4) is 0 Å². The van der Waals surface area contributed by atoms with E-state index in [2.05, 4.69) is 79.3 Å². The number of benzene rings is 9. The highest BCUT2D eigenvalue weighted by Crippen LogP contribution is 2.27. The topological polar surface area (TPSA) is 300 Å². The molecular formula is C91H92N12O8. The molecule has 0 saturated heterocycles. The molecule has 0 atom stereocenters. The van der Waals surface area contributed by atoms with Gasteiger partial charge in [0.25, 0.3) is 0 Å². The average molecular weight is 1480 g/mol. The summed E-state index contributed by atoms with van der Waals surface area (Å²) in [4.78, 5) is 85.8. The highest BCUT2D eigenvalue weighted by Gasteiger charge is 2.17. The highest BCUT2D eigenvalue weighted by molar-refractivity contribution is 5.94. The minimum atomic E-state index is -0.116. The van der Waals surface area contributed by atoms with Gasteiger partial charge in [0, 0.05) is 35.1 Å². The summed E-state index contributed by atoms with van der Waals surface area (Å²) in [6.07, 6.45) is 13.1. The van der Waals surface area contributed by atoms with Crippen LogP contribution in [-0.2, 0) is 97.0 Å². The molecule has 8 N–H and O–H groups in total. The molecule has 9 aromatic carbocycles. The van der Waals surface area contributed by atoms with Gasteiger partial charge in [0.15, 0.2) is 23.3 Å². The first-order chi connectivity index (χ1) is 54.2. The van der Waals surface area contributed by atoms with Gasteiger partial charge in [0.2, 0.25) is 23.6 Å². The van der Waals surface area contributed by atoms with Crippen LogP contribution in [0.15, 0.2) is 255 Å². The Morgan fingerprint density at radius 1 is 0.288 bits per heavy atom. The van der Waals surface area contributed by atoms with Gasteiger partial charge in [-0.3, -0.25) is 19.2 Å². The largest absolute Gasteiger partial charge is 0.392 e. The Morgan fingerprint density at radius 2 is 0.577 bits per heavy atom. The summed E-state index contributed by atoms with van der Waals surface area (Å²) >= 11 is 0. The number of fused-ring (bicyclic) bond motifs is 1. The smallest absolute Gasteiger partial charge is 0.229 e. The first-order valence-electron chi connectivity index (χ1n) is 37.3. The van der Waals surface area contributed by atoms with Crippen LogP contribution in [-0.4, -0.2) is 83.9 Å². The van der Waals surface area contributed by atoms with Crippen LogP contribution in [0.2, 0.25) is 0 Å². The molecule has 0 bridgehead atoms. The Balaban J connectivity index is 0.000000157. The van der Waals surface area contributed by atoms with Gasteiger partial charge >= 0.3 is 0 Å². The molecule has 13 aromatic rings. The lowest BCUT2D eigenvalue weighted by molar-refractivity contribution is -0.117. The number of carbonyl (C=O) groups excluding carboxylic acids is 4. The third-order valence-electron chi connectivity index (χ3n) is 18.1. The summed E-state index contributed by atoms with van der Waals surface area (Å²) in [7, 11) is 0. The second kappa shape index (κ2) is 42.1. The van der Waals surface area contributed by atoms with Crippen molar-refractivity contribution in [3.63, 3.8) is 0 Å². The van der Waals surface area contributed by atoms with Gasteiger partial charge < -0.3 is 41.7 Å². The number of aliphatic hydroxyl groups excluding tert-OH is 4. The Bertz CT molecular complexity index is 5160. The second-order valence-electron chi connectivity index (χ2n) is 26.1. The van der Waals surface area contributed by atoms with Gasteiger partial charge in [-0.2, -0.15) is 0 Å². The molecular weight excluding hydrogens is 1390 g/mol. The number of nitrogens with one attached hydrogen (secondary N) is 4. The summed E-state index contributed by atoms with van der Waals surface area (Å²) in [6, 6.07) is 74.0. The van der Waals surface area contributed by atoms with Crippen LogP contribution >= 0.6 is 0 Å². The van der Waals surface area contributed by atoms with Crippen LogP contribution in [0, 0.1) is 0 Å². The first kappa shape index (κ1) is 80.8. The van der Waals surface area contributed by atoms with Crippen molar-refractivity contribution >= 4 is 57.7 Å². The van der Waals surface area contributed by atoms with Crippen LogP contribution in [0.1, 0.15) is 114 Å². The average Bonchev–Trinajstić information content (AvgIpc) is 0.844. The van der Waals surface area contributed by atoms with Crippen molar-refractivity contribution in [3.05, 3.63) is 323 Å². The molecule has 0 aliphatic rings. The number of nitrogens with zero attached hydrogens (tertiary/aromatic N) is 8. The predicted octanol–water partition coefficient (Wildman–Crippen LogP) is 15.8. The molecule has 0 aliphatic heterocycles. The van der Waals surface area contributed by atoms with Crippen molar-refractivity contribution < 1.29 is 39.6 Å². The number of aliphatic hydroxyl groups is 4. The molecule has 4 heterocycles. The third kappa shape index (κ3) is 24.4. The number of amides is 4. The molecule has 0 unspecified atom stereocenters. The Kier molecular flexibility index (Phi) is 30.7. The number of rotatable bonds is 27. The number of aryl methyl sites for hydroxylation is 6. The van der Waals surface area contributed by atoms with E-state index in [9.17, 15) is 24.3 Å². The molecule has 4 amide bonds. The minimum Gasteiger partial charge on any atom is -0.392 e. The van der Waals surface area contributed by atoms with E-state index in [1.165, 1.54) is 5.56 Å². The zero-order valence-electron chi connectivity index (χ0n) is 62.9. The first-order valence-corrected chi connectivity index (χ1v) is 37.3. The van der Waals surface area contributed by atoms with E-state index >= 15 is 0 Å². The lowest BCUT2D eigenvalue weighted by Crippen LogP contribution is -2.17. The van der Waals surface area contributed by atoms with E-state index in [0.29, 0.717) is 74.6 Å². The molecule has 564 valence electrons. The third-order valence-corrected chi connectivity index (χ3v) is 18.1. The monoisotopic (exact) mass is 1480 g/mol. The lowest BCUT2D eigenvalue weighted by Gasteiger charge is -2.11. The summed E-state index contributed by atoms with van der Waals surface area (Å²) in [5.74, 6) is 1.72. The van der Waals surface area contributed by atoms with Crippen LogP contribution in [0.4, 0.5) is 23.3 Å². The van der Waals surface area contributed by atoms with E-state index in [0.717, 1.165) is 130 Å². The zero-order chi connectivity index (χ0) is 78.1. The van der Waals surface area contributed by atoms with Crippen LogP contribution in [0.25, 0.3) is 55.8 Å². The van der Waals surface area contributed by atoms with Crippen molar-refractivity contribution in [2.24, 2.45) is 0 Å². The maximum atomic E-state index is 12.6. The van der Waals surface area contributed by atoms with E-state index in [1.54, 1.807) is 24.8 Å². The van der Waals surface area contributed by atoms with E-state index in [4.69, 9.17) is 15.3 Å². The lowest BCUT2D eigenvalue weighted by atomic mass is 10.0. The van der Waals surface area contributed by atoms with E-state index in [-0.39, 0.29) is 56.5 Å². The molecule has 0 radical (unpaired) electrons. The maximum absolute atomic E-state index is 12.6. The molecule has 20 nitrogen and oxygen atoms in total. The quantitative estimate of drug-likeness (QED) is 0.0237. The summed E-state index contributed by atoms with van der Waals surface area (Å²) in [5.41, 5.74) is 17.4. The fourth-order valence-corrected chi connectivity index (χ4v) is 11.9. The molecule has 0 saturated carbocycles. The standard InChI is InChI=1S/C25H23N3O2.C23H25N3O2.C22H23N3O2.C21H21N3O2/c1-2-22-25(26-15-23(27-22)20-11-7-17(16-29)8-12-20)28-24(30)14-18-9-10-19-5-3-4-6-21(19)13-18;1-2-20-23(26-22(28)10-6-9-17-7-4-3-5-8-17)24-15-21(25-20)19-13-11-18(16-27)12-14-19;1-2-19-22(25-21(27)13-10-16-6-4-3-5-7-16)23-14-20(24-19)18-11-8-17(15-26)9-12-18;1-2-18-21(24-20(26)12-15-6-4-3-5-7-15)22-13-19(23-18)17-10-8-16(14-25)9-11-17/h3-13,15,29H,2,14,16H2,1H3,(H,26,28,30);3-5,7-8,11-15,27H,2,6,9-10,16H2,1H3,(H,24,26,28);3-9,11-12,14,26H,2,10,13,15H2,1H3,(H,23,25,27);3-11,13,25H,2,12,14H2,1H3,(H,22,24,26). The Morgan fingerprint density at radius 3 is 0.919 bits per heavy atom. The number of hydrogen-bond donors (Lipinski definition) is 8. The zero-order valence-corrected chi connectivity index (χ0v) is 62.9. The summed E-state index contributed by atoms with van der Waals surface area (Å²) in [6.45, 7) is 8.00. The Hall–Kier alpha value is -12.7. The van der Waals surface area contributed by atoms with Crippen molar-refractivity contribution in [3.8, 4) is 45.0 Å². The van der Waals surface area contributed by atoms with Gasteiger partial charge in [0.05, 0.1) is 110 Å². The number of hydrogen-bond acceptors (Lipinski definition) is 16. The highest BCUT2D eigenvalue weighted by atomic mass is 16.3. The minimum absolute atomic E-state index is 0.00828. The van der Waals surface area contributed by atoms with E-state index < -0.39 is 0 Å². The normalized spacial score (nSPS) is 10.7. The number of aromatic nitrogens is 8. The fraction of sp³-hybridized carbons (Fsp3) is 0.209. The van der Waals surface area contributed by atoms with Crippen molar-refractivity contribution in [2.45, 2.75) is 125 Å². The Labute approximate surface area is 647 Å². The van der Waals surface area contributed by atoms with Crippen molar-refractivity contribution in [2.75, 3.05) is 21.3 Å². The molecule has 13 rings (SSSR count). The fourth-order valence-electron chi connectivity index (χ4n) is 11.9. The molecule has 20 heteroatoms.